The van der Waals surface area contributed by atoms with E-state index in [4.69, 9.17) is 0 Å². The van der Waals surface area contributed by atoms with E-state index in [0.29, 0.717) is 35.2 Å². The minimum absolute atomic E-state index is 0.00819. The van der Waals surface area contributed by atoms with Crippen molar-refractivity contribution in [1.82, 2.24) is 5.32 Å². The number of carbonyl (C=O) groups is 2. The fourth-order valence-corrected chi connectivity index (χ4v) is 12.7. The Hall–Kier alpha value is -2.36. The van der Waals surface area contributed by atoms with Crippen LogP contribution in [0.4, 0.5) is 0 Å². The molecule has 42 heavy (non-hydrogen) atoms. The number of hydrogen-bond acceptors (Lipinski definition) is 2. The van der Waals surface area contributed by atoms with Gasteiger partial charge >= 0.3 is 5.97 Å². The summed E-state index contributed by atoms with van der Waals surface area (Å²) in [5.74, 6) is 2.04. The predicted molar refractivity (Wildman–Crippen MR) is 170 cm³/mol. The van der Waals surface area contributed by atoms with Crippen molar-refractivity contribution in [3.05, 3.63) is 53.6 Å². The topological polar surface area (TPSA) is 66.4 Å². The molecule has 5 aliphatic carbocycles. The molecule has 4 fully saturated rings. The highest BCUT2D eigenvalue weighted by molar-refractivity contribution is 5.88. The average Bonchev–Trinajstić information content (AvgIpc) is 3.34. The molecule has 1 aromatic rings. The van der Waals surface area contributed by atoms with Crippen LogP contribution in [0, 0.1) is 56.7 Å². The number of nitrogens with one attached hydrogen (secondary N) is 1. The highest BCUT2D eigenvalue weighted by atomic mass is 16.4. The molecule has 0 aromatic heterocycles. The maximum absolute atomic E-state index is 13.6. The number of hydrogen-bond donors (Lipinski definition) is 2. The predicted octanol–water partition coefficient (Wildman–Crippen LogP) is 8.78. The molecule has 4 heteroatoms. The van der Waals surface area contributed by atoms with Crippen LogP contribution in [-0.4, -0.2) is 24.0 Å². The molecule has 0 radical (unpaired) electrons. The van der Waals surface area contributed by atoms with E-state index in [0.717, 1.165) is 32.1 Å². The summed E-state index contributed by atoms with van der Waals surface area (Å²) in [6.45, 7) is 19.4. The summed E-state index contributed by atoms with van der Waals surface area (Å²) in [6, 6.07) is 7.54. The molecular weight excluding hydrogens is 518 g/mol. The molecule has 4 nitrogen and oxygen atoms in total. The number of aromatic carboxylic acids is 1. The lowest BCUT2D eigenvalue weighted by Gasteiger charge is -2.72. The van der Waals surface area contributed by atoms with Gasteiger partial charge in [0.05, 0.1) is 11.0 Å². The first-order chi connectivity index (χ1) is 19.7. The van der Waals surface area contributed by atoms with Crippen LogP contribution in [0.5, 0.6) is 0 Å². The lowest BCUT2D eigenvalue weighted by molar-refractivity contribution is -0.224. The molecule has 9 atom stereocenters. The van der Waals surface area contributed by atoms with Gasteiger partial charge in [0, 0.05) is 7.05 Å². The van der Waals surface area contributed by atoms with Crippen LogP contribution in [0.3, 0.4) is 0 Å². The number of allylic oxidation sites excluding steroid dienone is 3. The van der Waals surface area contributed by atoms with Crippen LogP contribution in [-0.2, 0) is 4.79 Å². The highest BCUT2D eigenvalue weighted by Gasteiger charge is 2.71. The molecule has 9 unspecified atom stereocenters. The van der Waals surface area contributed by atoms with Crippen LogP contribution in [0.1, 0.15) is 115 Å². The molecule has 6 rings (SSSR count). The standard InChI is InChI=1S/C38H53NO3/c1-23(2)26-15-20-38(33(42)39-8)22-21-36(6)28(31(26)38)13-14-30-35(5)18-16-27(24-9-11-25(12-10-24)32(40)41)34(3,4)29(35)17-19-37(30,36)7/h9-12,16,26,28-31H,1,13-15,17-22H2,2-8H3,(H,39,42)(H,40,41). The van der Waals surface area contributed by atoms with Gasteiger partial charge in [-0.1, -0.05) is 65.0 Å². The molecule has 4 saturated carbocycles. The van der Waals surface area contributed by atoms with Gasteiger partial charge in [0.15, 0.2) is 0 Å². The molecule has 228 valence electrons. The first kappa shape index (κ1) is 29.7. The molecule has 2 N–H and O–H groups in total. The van der Waals surface area contributed by atoms with Gasteiger partial charge in [-0.2, -0.15) is 0 Å². The number of carboxylic acid groups (broad SMARTS) is 1. The summed E-state index contributed by atoms with van der Waals surface area (Å²) in [6.07, 6.45) is 12.8. The van der Waals surface area contributed by atoms with Crippen LogP contribution in [0.15, 0.2) is 42.5 Å². The third-order valence-electron chi connectivity index (χ3n) is 14.8. The number of carbonyl (C=O) groups excluding carboxylic acids is 1. The lowest BCUT2D eigenvalue weighted by atomic mass is 9.32. The van der Waals surface area contributed by atoms with E-state index in [1.807, 2.05) is 19.2 Å². The van der Waals surface area contributed by atoms with Crippen LogP contribution in [0.25, 0.3) is 5.57 Å². The minimum atomic E-state index is -0.871. The zero-order valence-electron chi connectivity index (χ0n) is 27.1. The first-order valence-electron chi connectivity index (χ1n) is 16.6. The third-order valence-corrected chi connectivity index (χ3v) is 14.8. The van der Waals surface area contributed by atoms with E-state index in [9.17, 15) is 14.7 Å². The zero-order chi connectivity index (χ0) is 30.5. The monoisotopic (exact) mass is 571 g/mol. The van der Waals surface area contributed by atoms with Crippen molar-refractivity contribution < 1.29 is 14.7 Å². The second kappa shape index (κ2) is 9.57. The fraction of sp³-hybridized carbons (Fsp3) is 0.684. The van der Waals surface area contributed by atoms with Gasteiger partial charge in [-0.05, 0) is 139 Å². The summed E-state index contributed by atoms with van der Waals surface area (Å²) in [5, 5.41) is 12.5. The van der Waals surface area contributed by atoms with Gasteiger partial charge in [-0.25, -0.2) is 4.79 Å². The van der Waals surface area contributed by atoms with E-state index >= 15 is 0 Å². The molecule has 1 aromatic carbocycles. The molecule has 0 spiro atoms. The van der Waals surface area contributed by atoms with Gasteiger partial charge in [0.25, 0.3) is 0 Å². The van der Waals surface area contributed by atoms with Gasteiger partial charge < -0.3 is 10.4 Å². The van der Waals surface area contributed by atoms with E-state index in [2.05, 4.69) is 59.5 Å². The summed E-state index contributed by atoms with van der Waals surface area (Å²) >= 11 is 0. The Morgan fingerprint density at radius 2 is 1.57 bits per heavy atom. The Bertz CT molecular complexity index is 1340. The minimum Gasteiger partial charge on any atom is -0.478 e. The normalized spacial score (nSPS) is 43.6. The molecule has 0 aliphatic heterocycles. The Balaban J connectivity index is 1.37. The van der Waals surface area contributed by atoms with Gasteiger partial charge in [0.2, 0.25) is 5.91 Å². The molecule has 0 bridgehead atoms. The SMILES string of the molecule is C=C(C)C1CCC2(C(=O)NC)CCC3(C)C(CCC4C5(C)CC=C(c6ccc(C(=O)O)cc6)C(C)(C)C5CCC43C)C12. The average molecular weight is 572 g/mol. The number of rotatable bonds is 4. The Morgan fingerprint density at radius 3 is 2.19 bits per heavy atom. The van der Waals surface area contributed by atoms with Crippen molar-refractivity contribution in [1.29, 1.82) is 0 Å². The Kier molecular flexibility index (Phi) is 6.77. The first-order valence-corrected chi connectivity index (χ1v) is 16.6. The Morgan fingerprint density at radius 1 is 0.881 bits per heavy atom. The van der Waals surface area contributed by atoms with Crippen molar-refractivity contribution in [3.63, 3.8) is 0 Å². The maximum atomic E-state index is 13.6. The maximum Gasteiger partial charge on any atom is 0.335 e. The van der Waals surface area contributed by atoms with Crippen molar-refractivity contribution in [3.8, 4) is 0 Å². The van der Waals surface area contributed by atoms with Crippen LogP contribution >= 0.6 is 0 Å². The fourth-order valence-electron chi connectivity index (χ4n) is 12.7. The molecular formula is C38H53NO3. The van der Waals surface area contributed by atoms with Crippen molar-refractivity contribution in [2.45, 2.75) is 99.3 Å². The second-order valence-corrected chi connectivity index (χ2v) is 16.3. The molecule has 1 amide bonds. The summed E-state index contributed by atoms with van der Waals surface area (Å²) in [7, 11) is 1.84. The van der Waals surface area contributed by atoms with Crippen LogP contribution < -0.4 is 5.32 Å². The number of amides is 1. The molecule has 0 heterocycles. The van der Waals surface area contributed by atoms with Crippen LogP contribution in [0.2, 0.25) is 0 Å². The molecule has 0 saturated heterocycles. The van der Waals surface area contributed by atoms with Gasteiger partial charge in [-0.15, -0.1) is 0 Å². The summed E-state index contributed by atoms with van der Waals surface area (Å²) in [5.41, 5.74) is 4.62. The van der Waals surface area contributed by atoms with E-state index < -0.39 is 5.97 Å². The van der Waals surface area contributed by atoms with Crippen molar-refractivity contribution in [2.75, 3.05) is 7.05 Å². The Labute approximate surface area is 253 Å². The third kappa shape index (κ3) is 3.71. The zero-order valence-corrected chi connectivity index (χ0v) is 27.1. The van der Waals surface area contributed by atoms with E-state index in [1.54, 1.807) is 12.1 Å². The highest BCUT2D eigenvalue weighted by Crippen LogP contribution is 2.77. The van der Waals surface area contributed by atoms with E-state index in [1.165, 1.54) is 42.4 Å². The lowest BCUT2D eigenvalue weighted by Crippen LogP contribution is -2.66. The second-order valence-electron chi connectivity index (χ2n) is 16.3. The largest absolute Gasteiger partial charge is 0.478 e. The quantitative estimate of drug-likeness (QED) is 0.355. The van der Waals surface area contributed by atoms with Crippen molar-refractivity contribution in [2.24, 2.45) is 56.7 Å². The van der Waals surface area contributed by atoms with Crippen molar-refractivity contribution >= 4 is 17.4 Å². The van der Waals surface area contributed by atoms with Gasteiger partial charge in [-0.3, -0.25) is 4.79 Å². The van der Waals surface area contributed by atoms with E-state index in [-0.39, 0.29) is 33.0 Å². The molecule has 5 aliphatic rings. The smallest absolute Gasteiger partial charge is 0.335 e. The number of carboxylic acids is 1. The summed E-state index contributed by atoms with van der Waals surface area (Å²) < 4.78 is 0. The summed E-state index contributed by atoms with van der Waals surface area (Å²) in [4.78, 5) is 25.1. The van der Waals surface area contributed by atoms with Gasteiger partial charge in [0.1, 0.15) is 0 Å². The number of benzene rings is 1. The number of fused-ring (bicyclic) bond motifs is 7.